The van der Waals surface area contributed by atoms with Gasteiger partial charge in [0.25, 0.3) is 0 Å². The van der Waals surface area contributed by atoms with Gasteiger partial charge in [-0.2, -0.15) is 0 Å². The van der Waals surface area contributed by atoms with Crippen molar-refractivity contribution in [3.8, 4) is 24.2 Å². The molecule has 0 aromatic rings. The van der Waals surface area contributed by atoms with Crippen molar-refractivity contribution < 1.29 is 9.53 Å². The highest BCUT2D eigenvalue weighted by atomic mass is 16.5. The largest absolute Gasteiger partial charge is 0.378 e. The third-order valence-electron chi connectivity index (χ3n) is 2.80. The van der Waals surface area contributed by atoms with Gasteiger partial charge >= 0.3 is 0 Å². The highest BCUT2D eigenvalue weighted by molar-refractivity contribution is 5.76. The van der Waals surface area contributed by atoms with E-state index < -0.39 is 0 Å². The van der Waals surface area contributed by atoms with E-state index >= 15 is 0 Å². The fourth-order valence-electron chi connectivity index (χ4n) is 1.76. The minimum absolute atomic E-state index is 0.171. The van der Waals surface area contributed by atoms with Gasteiger partial charge in [0, 0.05) is 26.1 Å². The molecule has 0 aromatic heterocycles. The van der Waals surface area contributed by atoms with E-state index in [-0.39, 0.29) is 5.91 Å². The van der Waals surface area contributed by atoms with E-state index in [2.05, 4.69) is 17.8 Å². The molecule has 0 radical (unpaired) electrons. The summed E-state index contributed by atoms with van der Waals surface area (Å²) >= 11 is 0. The summed E-state index contributed by atoms with van der Waals surface area (Å²) in [6.45, 7) is 6.29. The molecule has 0 spiro atoms. The summed E-state index contributed by atoms with van der Waals surface area (Å²) in [4.78, 5) is 15.8. The van der Waals surface area contributed by atoms with E-state index in [1.165, 1.54) is 0 Å². The average Bonchev–Trinajstić information content (AvgIpc) is 2.42. The Kier molecular flexibility index (Phi) is 6.94. The van der Waals surface area contributed by atoms with Gasteiger partial charge in [-0.1, -0.05) is 11.8 Å². The lowest BCUT2D eigenvalue weighted by Crippen LogP contribution is -2.42. The zero-order valence-corrected chi connectivity index (χ0v) is 10.9. The molecular formula is C14H20N2O2. The van der Waals surface area contributed by atoms with Crippen LogP contribution in [-0.2, 0) is 9.53 Å². The second-order valence-corrected chi connectivity index (χ2v) is 4.08. The van der Waals surface area contributed by atoms with Crippen molar-refractivity contribution >= 4 is 5.91 Å². The van der Waals surface area contributed by atoms with E-state index in [1.54, 1.807) is 6.92 Å². The minimum atomic E-state index is 0.171. The highest BCUT2D eigenvalue weighted by Gasteiger charge is 2.17. The smallest absolute Gasteiger partial charge is 0.224 e. The lowest BCUT2D eigenvalue weighted by Gasteiger charge is -2.27. The minimum Gasteiger partial charge on any atom is -0.378 e. The van der Waals surface area contributed by atoms with Gasteiger partial charge in [-0.25, -0.2) is 0 Å². The average molecular weight is 248 g/mol. The summed E-state index contributed by atoms with van der Waals surface area (Å²) in [6, 6.07) is 0. The van der Waals surface area contributed by atoms with Gasteiger partial charge in [0.05, 0.1) is 26.3 Å². The van der Waals surface area contributed by atoms with Crippen LogP contribution in [0.4, 0.5) is 0 Å². The fraction of sp³-hybridized carbons (Fsp3) is 0.643. The van der Waals surface area contributed by atoms with Gasteiger partial charge in [-0.3, -0.25) is 9.69 Å². The van der Waals surface area contributed by atoms with Crippen LogP contribution in [0.3, 0.4) is 0 Å². The van der Waals surface area contributed by atoms with Gasteiger partial charge in [0.2, 0.25) is 5.91 Å². The molecule has 0 N–H and O–H groups in total. The number of terminal acetylenes is 1. The molecular weight excluding hydrogens is 228 g/mol. The number of hydrogen-bond donors (Lipinski definition) is 0. The molecule has 0 saturated carbocycles. The van der Waals surface area contributed by atoms with Gasteiger partial charge in [0.1, 0.15) is 0 Å². The Labute approximate surface area is 109 Å². The Morgan fingerprint density at radius 3 is 2.72 bits per heavy atom. The van der Waals surface area contributed by atoms with Crippen molar-refractivity contribution in [2.24, 2.45) is 0 Å². The molecule has 1 amide bonds. The molecule has 1 heterocycles. The molecule has 1 fully saturated rings. The third kappa shape index (κ3) is 5.23. The Morgan fingerprint density at radius 2 is 2.11 bits per heavy atom. The van der Waals surface area contributed by atoms with E-state index in [1.807, 2.05) is 9.80 Å². The second-order valence-electron chi connectivity index (χ2n) is 4.08. The summed E-state index contributed by atoms with van der Waals surface area (Å²) in [5.74, 6) is 8.57. The van der Waals surface area contributed by atoms with Crippen LogP contribution in [-0.4, -0.2) is 61.6 Å². The summed E-state index contributed by atoms with van der Waals surface area (Å²) in [6.07, 6.45) is 5.79. The molecule has 18 heavy (non-hydrogen) atoms. The zero-order chi connectivity index (χ0) is 13.2. The number of nitrogens with zero attached hydrogens (tertiary/aromatic N) is 2. The predicted molar refractivity (Wildman–Crippen MR) is 70.7 cm³/mol. The quantitative estimate of drug-likeness (QED) is 0.651. The molecule has 98 valence electrons. The van der Waals surface area contributed by atoms with Crippen LogP contribution >= 0.6 is 0 Å². The van der Waals surface area contributed by atoms with Gasteiger partial charge in [0.15, 0.2) is 0 Å². The van der Waals surface area contributed by atoms with Crippen molar-refractivity contribution in [1.82, 2.24) is 9.80 Å². The topological polar surface area (TPSA) is 32.8 Å². The van der Waals surface area contributed by atoms with E-state index in [0.29, 0.717) is 52.4 Å². The van der Waals surface area contributed by atoms with Crippen molar-refractivity contribution in [3.63, 3.8) is 0 Å². The SMILES string of the molecule is C#CCN(CC#CC)CCC(=O)N1CCOCC1. The summed E-state index contributed by atoms with van der Waals surface area (Å²) < 4.78 is 5.22. The first-order chi connectivity index (χ1) is 8.77. The molecule has 0 aromatic carbocycles. The number of rotatable bonds is 5. The number of ether oxygens (including phenoxy) is 1. The van der Waals surface area contributed by atoms with E-state index in [0.717, 1.165) is 0 Å². The van der Waals surface area contributed by atoms with Crippen LogP contribution in [0.25, 0.3) is 0 Å². The number of carbonyl (C=O) groups is 1. The highest BCUT2D eigenvalue weighted by Crippen LogP contribution is 2.01. The van der Waals surface area contributed by atoms with Crippen LogP contribution in [0.2, 0.25) is 0 Å². The lowest BCUT2D eigenvalue weighted by atomic mass is 10.3. The molecule has 4 nitrogen and oxygen atoms in total. The van der Waals surface area contributed by atoms with E-state index in [4.69, 9.17) is 11.2 Å². The van der Waals surface area contributed by atoms with Crippen molar-refractivity contribution in [2.45, 2.75) is 13.3 Å². The molecule has 0 unspecified atom stereocenters. The first kappa shape index (κ1) is 14.6. The molecule has 4 heteroatoms. The molecule has 0 atom stereocenters. The van der Waals surface area contributed by atoms with Gasteiger partial charge in [-0.05, 0) is 6.92 Å². The van der Waals surface area contributed by atoms with Crippen LogP contribution in [0.15, 0.2) is 0 Å². The molecule has 0 bridgehead atoms. The number of morpholine rings is 1. The molecule has 0 aliphatic carbocycles. The Bertz CT molecular complexity index is 356. The van der Waals surface area contributed by atoms with Crippen LogP contribution in [0.1, 0.15) is 13.3 Å². The van der Waals surface area contributed by atoms with Crippen LogP contribution < -0.4 is 0 Å². The molecule has 1 aliphatic heterocycles. The summed E-state index contributed by atoms with van der Waals surface area (Å²) in [7, 11) is 0. The Balaban J connectivity index is 2.33. The zero-order valence-electron chi connectivity index (χ0n) is 10.9. The lowest BCUT2D eigenvalue weighted by molar-refractivity contribution is -0.135. The van der Waals surface area contributed by atoms with Crippen molar-refractivity contribution in [2.75, 3.05) is 45.9 Å². The summed E-state index contributed by atoms with van der Waals surface area (Å²) in [5, 5.41) is 0. The maximum Gasteiger partial charge on any atom is 0.224 e. The maximum atomic E-state index is 11.9. The van der Waals surface area contributed by atoms with Crippen molar-refractivity contribution in [1.29, 1.82) is 0 Å². The van der Waals surface area contributed by atoms with Crippen LogP contribution in [0, 0.1) is 24.2 Å². The first-order valence-electron chi connectivity index (χ1n) is 6.19. The maximum absolute atomic E-state index is 11.9. The van der Waals surface area contributed by atoms with Crippen molar-refractivity contribution in [3.05, 3.63) is 0 Å². The monoisotopic (exact) mass is 248 g/mol. The first-order valence-corrected chi connectivity index (χ1v) is 6.19. The Morgan fingerprint density at radius 1 is 1.39 bits per heavy atom. The van der Waals surface area contributed by atoms with Gasteiger partial charge in [-0.15, -0.1) is 12.3 Å². The normalized spacial score (nSPS) is 14.8. The second kappa shape index (κ2) is 8.58. The predicted octanol–water partition coefficient (Wildman–Crippen LogP) is 0.194. The number of carbonyl (C=O) groups excluding carboxylic acids is 1. The van der Waals surface area contributed by atoms with Gasteiger partial charge < -0.3 is 9.64 Å². The fourth-order valence-corrected chi connectivity index (χ4v) is 1.76. The number of hydrogen-bond acceptors (Lipinski definition) is 3. The third-order valence-corrected chi connectivity index (χ3v) is 2.80. The molecule has 1 aliphatic rings. The van der Waals surface area contributed by atoms with Crippen LogP contribution in [0.5, 0.6) is 0 Å². The summed E-state index contributed by atoms with van der Waals surface area (Å²) in [5.41, 5.74) is 0. The standard InChI is InChI=1S/C14H20N2O2/c1-3-5-8-15(7-4-2)9-6-14(17)16-10-12-18-13-11-16/h2H,6-13H2,1H3. The Hall–Kier alpha value is -1.49. The van der Waals surface area contributed by atoms with E-state index in [9.17, 15) is 4.79 Å². The molecule has 1 rings (SSSR count). The molecule has 1 saturated heterocycles. The number of amides is 1.